The maximum Gasteiger partial charge on any atom is 0.387 e. The number of fused-ring (bicyclic) bond motifs is 9. The van der Waals surface area contributed by atoms with E-state index in [9.17, 15) is 17.2 Å². The Hall–Kier alpha value is -2.23. The lowest BCUT2D eigenvalue weighted by Gasteiger charge is -2.21. The summed E-state index contributed by atoms with van der Waals surface area (Å²) in [6, 6.07) is 8.20. The van der Waals surface area contributed by atoms with Gasteiger partial charge in [-0.3, -0.25) is 0 Å². The average Bonchev–Trinajstić information content (AvgIpc) is 3.08. The Kier molecular flexibility index (Phi) is 3.53. The van der Waals surface area contributed by atoms with Crippen LogP contribution in [0.4, 0.5) is 8.78 Å². The molecule has 2 bridgehead atoms. The Labute approximate surface area is 157 Å². The second kappa shape index (κ2) is 5.63. The normalized spacial score (nSPS) is 22.5. The molecule has 0 saturated carbocycles. The highest BCUT2D eigenvalue weighted by Gasteiger charge is 2.44. The summed E-state index contributed by atoms with van der Waals surface area (Å²) < 4.78 is 60.6. The molecule has 5 rings (SSSR count). The number of aromatic nitrogens is 2. The van der Waals surface area contributed by atoms with Crippen molar-refractivity contribution >= 4 is 32.7 Å². The molecular formula is C17H12ClF2N3O3S. The minimum absolute atomic E-state index is 0.0670. The molecular weight excluding hydrogens is 400 g/mol. The molecule has 10 heteroatoms. The molecule has 3 aromatic rings. The van der Waals surface area contributed by atoms with Crippen LogP contribution in [0.15, 0.2) is 41.3 Å². The minimum atomic E-state index is -3.91. The fourth-order valence-electron chi connectivity index (χ4n) is 3.98. The first-order valence-electron chi connectivity index (χ1n) is 8.12. The van der Waals surface area contributed by atoms with E-state index in [1.165, 1.54) is 18.2 Å². The van der Waals surface area contributed by atoms with Crippen molar-refractivity contribution in [2.45, 2.75) is 30.0 Å². The van der Waals surface area contributed by atoms with Gasteiger partial charge in [-0.05, 0) is 36.8 Å². The van der Waals surface area contributed by atoms with Gasteiger partial charge in [0, 0.05) is 10.6 Å². The fourth-order valence-corrected chi connectivity index (χ4v) is 5.63. The van der Waals surface area contributed by atoms with Crippen LogP contribution < -0.4 is 9.46 Å². The summed E-state index contributed by atoms with van der Waals surface area (Å²) in [6.45, 7) is -3.07. The van der Waals surface area contributed by atoms with E-state index in [-0.39, 0.29) is 16.2 Å². The zero-order valence-corrected chi connectivity index (χ0v) is 15.1. The van der Waals surface area contributed by atoms with Crippen LogP contribution in [0.2, 0.25) is 5.02 Å². The molecule has 140 valence electrons. The van der Waals surface area contributed by atoms with E-state index in [1.807, 2.05) is 4.57 Å². The van der Waals surface area contributed by atoms with Gasteiger partial charge in [0.05, 0.1) is 28.0 Å². The third-order valence-electron chi connectivity index (χ3n) is 4.92. The molecule has 0 fully saturated rings. The van der Waals surface area contributed by atoms with Crippen molar-refractivity contribution in [3.8, 4) is 5.75 Å². The zero-order chi connectivity index (χ0) is 18.9. The molecule has 1 N–H and O–H groups in total. The summed E-state index contributed by atoms with van der Waals surface area (Å²) in [7, 11) is -3.91. The van der Waals surface area contributed by atoms with Gasteiger partial charge in [0.15, 0.2) is 0 Å². The highest BCUT2D eigenvalue weighted by Crippen LogP contribution is 2.49. The van der Waals surface area contributed by atoms with Crippen LogP contribution in [0.5, 0.6) is 5.75 Å². The lowest BCUT2D eigenvalue weighted by molar-refractivity contribution is -0.0508. The Bertz CT molecular complexity index is 1200. The maximum atomic E-state index is 12.9. The number of rotatable bonds is 2. The van der Waals surface area contributed by atoms with Gasteiger partial charge in [0.1, 0.15) is 11.6 Å². The van der Waals surface area contributed by atoms with Gasteiger partial charge in [-0.15, -0.1) is 0 Å². The molecule has 2 atom stereocenters. The first kappa shape index (κ1) is 16.9. The molecule has 1 aromatic heterocycles. The third-order valence-corrected chi connectivity index (χ3v) is 6.69. The maximum absolute atomic E-state index is 12.9. The van der Waals surface area contributed by atoms with Gasteiger partial charge in [-0.1, -0.05) is 17.7 Å². The van der Waals surface area contributed by atoms with Crippen molar-refractivity contribution in [2.75, 3.05) is 0 Å². The van der Waals surface area contributed by atoms with Crippen LogP contribution in [-0.2, 0) is 10.0 Å². The number of halogens is 3. The predicted octanol–water partition coefficient (Wildman–Crippen LogP) is 3.62. The number of nitrogens with zero attached hydrogens (tertiary/aromatic N) is 2. The van der Waals surface area contributed by atoms with E-state index in [4.69, 9.17) is 11.6 Å². The first-order valence-corrected chi connectivity index (χ1v) is 9.99. The molecule has 27 heavy (non-hydrogen) atoms. The van der Waals surface area contributed by atoms with Crippen LogP contribution >= 0.6 is 11.6 Å². The molecule has 0 radical (unpaired) electrons. The molecule has 2 aliphatic heterocycles. The Morgan fingerprint density at radius 2 is 2.11 bits per heavy atom. The van der Waals surface area contributed by atoms with E-state index in [1.54, 1.807) is 18.2 Å². The van der Waals surface area contributed by atoms with Crippen molar-refractivity contribution in [2.24, 2.45) is 0 Å². The number of hydrogen-bond acceptors (Lipinski definition) is 4. The first-order chi connectivity index (χ1) is 12.8. The van der Waals surface area contributed by atoms with Crippen molar-refractivity contribution in [1.82, 2.24) is 14.3 Å². The summed E-state index contributed by atoms with van der Waals surface area (Å²) in [6.07, 6.45) is 0.348. The van der Waals surface area contributed by atoms with Gasteiger partial charge in [0.25, 0.3) is 0 Å². The lowest BCUT2D eigenvalue weighted by Crippen LogP contribution is -2.28. The van der Waals surface area contributed by atoms with Crippen molar-refractivity contribution in [1.29, 1.82) is 0 Å². The molecule has 0 unspecified atom stereocenters. The van der Waals surface area contributed by atoms with Crippen molar-refractivity contribution in [3.63, 3.8) is 0 Å². The van der Waals surface area contributed by atoms with E-state index in [0.717, 1.165) is 0 Å². The van der Waals surface area contributed by atoms with Gasteiger partial charge >= 0.3 is 6.61 Å². The number of sulfonamides is 1. The largest absolute Gasteiger partial charge is 0.434 e. The summed E-state index contributed by atoms with van der Waals surface area (Å²) in [5.41, 5.74) is 1.56. The van der Waals surface area contributed by atoms with Crippen LogP contribution in [0.1, 0.15) is 29.9 Å². The monoisotopic (exact) mass is 411 g/mol. The van der Waals surface area contributed by atoms with E-state index in [0.29, 0.717) is 28.3 Å². The Morgan fingerprint density at radius 3 is 2.89 bits per heavy atom. The summed E-state index contributed by atoms with van der Waals surface area (Å²) in [5.74, 6) is 0.369. The third kappa shape index (κ3) is 2.45. The van der Waals surface area contributed by atoms with Gasteiger partial charge in [-0.2, -0.15) is 8.78 Å². The predicted molar refractivity (Wildman–Crippen MR) is 93.6 cm³/mol. The molecule has 0 saturated heterocycles. The number of ether oxygens (including phenoxy) is 1. The number of alkyl halides is 2. The van der Waals surface area contributed by atoms with Crippen LogP contribution in [-0.4, -0.2) is 24.6 Å². The smallest absolute Gasteiger partial charge is 0.387 e. The van der Waals surface area contributed by atoms with Gasteiger partial charge in [-0.25, -0.2) is 18.1 Å². The average molecular weight is 412 g/mol. The second-order valence-electron chi connectivity index (χ2n) is 6.44. The van der Waals surface area contributed by atoms with E-state index in [2.05, 4.69) is 14.4 Å². The van der Waals surface area contributed by atoms with Gasteiger partial charge in [0.2, 0.25) is 10.0 Å². The summed E-state index contributed by atoms with van der Waals surface area (Å²) in [4.78, 5) is 4.47. The zero-order valence-electron chi connectivity index (χ0n) is 13.6. The standard InChI is InChI=1S/C17H12ClF2N3O3S/c18-8-4-5-9-11(6-8)23-12-7-10(16(23)21-9)22-27(24,25)14-3-1-2-13(15(12)14)26-17(19)20/h1-6,10,12,17,22H,7H2/t10-,12-/m1/s1. The molecule has 2 aliphatic rings. The topological polar surface area (TPSA) is 73.2 Å². The molecule has 0 amide bonds. The Balaban J connectivity index is 1.83. The Morgan fingerprint density at radius 1 is 1.30 bits per heavy atom. The number of nitrogens with one attached hydrogen (secondary N) is 1. The van der Waals surface area contributed by atoms with Crippen LogP contribution in [0.3, 0.4) is 0 Å². The van der Waals surface area contributed by atoms with Gasteiger partial charge < -0.3 is 9.30 Å². The summed E-state index contributed by atoms with van der Waals surface area (Å²) in [5, 5.41) is 0.502. The molecule has 6 nitrogen and oxygen atoms in total. The minimum Gasteiger partial charge on any atom is -0.434 e. The van der Waals surface area contributed by atoms with E-state index < -0.39 is 28.7 Å². The van der Waals surface area contributed by atoms with Crippen LogP contribution in [0.25, 0.3) is 11.0 Å². The quantitative estimate of drug-likeness (QED) is 0.699. The number of hydrogen-bond donors (Lipinski definition) is 1. The highest BCUT2D eigenvalue weighted by molar-refractivity contribution is 7.89. The number of benzene rings is 2. The molecule has 0 aliphatic carbocycles. The highest BCUT2D eigenvalue weighted by atomic mass is 35.5. The van der Waals surface area contributed by atoms with Crippen molar-refractivity contribution in [3.05, 3.63) is 52.8 Å². The van der Waals surface area contributed by atoms with Crippen LogP contribution in [0, 0.1) is 0 Å². The van der Waals surface area contributed by atoms with Crippen molar-refractivity contribution < 1.29 is 21.9 Å². The molecule has 3 heterocycles. The fraction of sp³-hybridized carbons (Fsp3) is 0.235. The lowest BCUT2D eigenvalue weighted by atomic mass is 10.0. The summed E-state index contributed by atoms with van der Waals surface area (Å²) >= 11 is 6.12. The van der Waals surface area contributed by atoms with E-state index >= 15 is 0 Å². The second-order valence-corrected chi connectivity index (χ2v) is 8.56. The SMILES string of the molecule is O=S1(=O)N[C@@H]2C[C@H](c3c(OC(F)F)cccc31)n1c2nc2ccc(Cl)cc21. The number of imidazole rings is 1. The molecule has 0 spiro atoms. The molecule has 2 aromatic carbocycles.